The van der Waals surface area contributed by atoms with Crippen LogP contribution in [0.2, 0.25) is 0 Å². The molecular weight excluding hydrogens is 356 g/mol. The van der Waals surface area contributed by atoms with Gasteiger partial charge in [0.25, 0.3) is 0 Å². The molecule has 6 nitrogen and oxygen atoms in total. The van der Waals surface area contributed by atoms with Crippen LogP contribution in [0.1, 0.15) is 44.3 Å². The molecule has 6 heteroatoms. The van der Waals surface area contributed by atoms with Gasteiger partial charge in [-0.1, -0.05) is 42.5 Å². The first-order chi connectivity index (χ1) is 13.5. The standard InChI is InChI=1S/C22H26N2O4/c1-15(16-7-3-2-4-8-16)28-20-10-6-5-9-19(20)24-22(27)23-18-13-11-17(12-14-18)21(25)26/h2-10,15,17-18H,11-14H2,1H3,(H,25,26)(H2,23,24,27). The first kappa shape index (κ1) is 19.7. The fourth-order valence-corrected chi connectivity index (χ4v) is 3.48. The van der Waals surface area contributed by atoms with Crippen LogP contribution < -0.4 is 15.4 Å². The molecule has 2 aromatic rings. The number of nitrogens with one attached hydrogen (secondary N) is 2. The minimum absolute atomic E-state index is 0.00748. The van der Waals surface area contributed by atoms with Crippen molar-refractivity contribution < 1.29 is 19.4 Å². The normalized spacial score (nSPS) is 20.0. The van der Waals surface area contributed by atoms with Crippen molar-refractivity contribution in [2.45, 2.75) is 44.8 Å². The van der Waals surface area contributed by atoms with Gasteiger partial charge in [0.05, 0.1) is 11.6 Å². The van der Waals surface area contributed by atoms with Gasteiger partial charge in [-0.15, -0.1) is 0 Å². The zero-order valence-electron chi connectivity index (χ0n) is 15.9. The Hall–Kier alpha value is -3.02. The molecule has 3 rings (SSSR count). The predicted molar refractivity (Wildman–Crippen MR) is 107 cm³/mol. The number of anilines is 1. The minimum atomic E-state index is -0.749. The van der Waals surface area contributed by atoms with Crippen LogP contribution in [-0.2, 0) is 4.79 Å². The SMILES string of the molecule is CC(Oc1ccccc1NC(=O)NC1CCC(C(=O)O)CC1)c1ccccc1. The lowest BCUT2D eigenvalue weighted by Gasteiger charge is -2.27. The average molecular weight is 382 g/mol. The second-order valence-corrected chi connectivity index (χ2v) is 7.15. The summed E-state index contributed by atoms with van der Waals surface area (Å²) in [6.07, 6.45) is 2.38. The molecule has 0 spiro atoms. The van der Waals surface area contributed by atoms with Crippen molar-refractivity contribution in [1.29, 1.82) is 0 Å². The van der Waals surface area contributed by atoms with E-state index in [1.54, 1.807) is 6.07 Å². The maximum absolute atomic E-state index is 12.4. The number of hydrogen-bond donors (Lipinski definition) is 3. The van der Waals surface area contributed by atoms with Gasteiger partial charge in [-0.05, 0) is 50.3 Å². The number of rotatable bonds is 6. The highest BCUT2D eigenvalue weighted by molar-refractivity contribution is 5.91. The van der Waals surface area contributed by atoms with Crippen LogP contribution in [0.15, 0.2) is 54.6 Å². The van der Waals surface area contributed by atoms with E-state index in [2.05, 4.69) is 10.6 Å². The van der Waals surface area contributed by atoms with Crippen LogP contribution in [0.25, 0.3) is 0 Å². The number of hydrogen-bond acceptors (Lipinski definition) is 3. The molecule has 0 bridgehead atoms. The number of carbonyl (C=O) groups is 2. The Morgan fingerprint density at radius 3 is 2.32 bits per heavy atom. The van der Waals surface area contributed by atoms with Gasteiger partial charge in [0.1, 0.15) is 11.9 Å². The van der Waals surface area contributed by atoms with Crippen LogP contribution in [-0.4, -0.2) is 23.1 Å². The van der Waals surface area contributed by atoms with Gasteiger partial charge in [-0.25, -0.2) is 4.79 Å². The van der Waals surface area contributed by atoms with E-state index in [0.29, 0.717) is 37.1 Å². The molecule has 2 aromatic carbocycles. The molecule has 1 unspecified atom stereocenters. The van der Waals surface area contributed by atoms with Crippen LogP contribution in [0.3, 0.4) is 0 Å². The highest BCUT2D eigenvalue weighted by Crippen LogP contribution is 2.29. The van der Waals surface area contributed by atoms with Crippen molar-refractivity contribution in [1.82, 2.24) is 5.32 Å². The van der Waals surface area contributed by atoms with E-state index in [1.165, 1.54) is 0 Å². The summed E-state index contributed by atoms with van der Waals surface area (Å²) in [7, 11) is 0. The smallest absolute Gasteiger partial charge is 0.319 e. The van der Waals surface area contributed by atoms with Crippen LogP contribution >= 0.6 is 0 Å². The topological polar surface area (TPSA) is 87.7 Å². The molecule has 1 atom stereocenters. The molecule has 0 radical (unpaired) electrons. The highest BCUT2D eigenvalue weighted by atomic mass is 16.5. The molecule has 0 saturated heterocycles. The van der Waals surface area contributed by atoms with Gasteiger partial charge in [0.15, 0.2) is 0 Å². The third kappa shape index (κ3) is 5.25. The van der Waals surface area contributed by atoms with Crippen LogP contribution in [0.5, 0.6) is 5.75 Å². The molecule has 28 heavy (non-hydrogen) atoms. The number of para-hydroxylation sites is 2. The zero-order chi connectivity index (χ0) is 19.9. The van der Waals surface area contributed by atoms with Crippen molar-refractivity contribution in [2.75, 3.05) is 5.32 Å². The quantitative estimate of drug-likeness (QED) is 0.682. The van der Waals surface area contributed by atoms with E-state index in [0.717, 1.165) is 5.56 Å². The first-order valence-corrected chi connectivity index (χ1v) is 9.64. The molecule has 0 aromatic heterocycles. The summed E-state index contributed by atoms with van der Waals surface area (Å²) in [5.74, 6) is -0.445. The number of amides is 2. The summed E-state index contributed by atoms with van der Waals surface area (Å²) in [5, 5.41) is 14.9. The number of carbonyl (C=O) groups excluding carboxylic acids is 1. The van der Waals surface area contributed by atoms with Crippen LogP contribution in [0.4, 0.5) is 10.5 Å². The van der Waals surface area contributed by atoms with Crippen molar-refractivity contribution in [3.63, 3.8) is 0 Å². The van der Waals surface area contributed by atoms with Crippen LogP contribution in [0, 0.1) is 5.92 Å². The molecule has 2 amide bonds. The van der Waals surface area contributed by atoms with Crippen molar-refractivity contribution in [3.05, 3.63) is 60.2 Å². The lowest BCUT2D eigenvalue weighted by atomic mass is 9.86. The summed E-state index contributed by atoms with van der Waals surface area (Å²) >= 11 is 0. The van der Waals surface area contributed by atoms with E-state index in [4.69, 9.17) is 9.84 Å². The zero-order valence-corrected chi connectivity index (χ0v) is 15.9. The largest absolute Gasteiger partial charge is 0.484 e. The molecular formula is C22H26N2O4. The van der Waals surface area contributed by atoms with Gasteiger partial charge in [0, 0.05) is 6.04 Å². The second kappa shape index (κ2) is 9.26. The summed E-state index contributed by atoms with van der Waals surface area (Å²) in [5.41, 5.74) is 1.65. The van der Waals surface area contributed by atoms with Gasteiger partial charge in [-0.2, -0.15) is 0 Å². The minimum Gasteiger partial charge on any atom is -0.484 e. The van der Waals surface area contributed by atoms with E-state index < -0.39 is 5.97 Å². The number of urea groups is 1. The number of carboxylic acid groups (broad SMARTS) is 1. The Balaban J connectivity index is 1.57. The molecule has 1 saturated carbocycles. The third-order valence-electron chi connectivity index (χ3n) is 5.12. The number of carboxylic acids is 1. The summed E-state index contributed by atoms with van der Waals surface area (Å²) in [4.78, 5) is 23.4. The van der Waals surface area contributed by atoms with Gasteiger partial charge in [0.2, 0.25) is 0 Å². The van der Waals surface area contributed by atoms with E-state index >= 15 is 0 Å². The third-order valence-corrected chi connectivity index (χ3v) is 5.12. The van der Waals surface area contributed by atoms with Gasteiger partial charge in [-0.3, -0.25) is 4.79 Å². The van der Waals surface area contributed by atoms with Crippen molar-refractivity contribution in [3.8, 4) is 5.75 Å². The predicted octanol–water partition coefficient (Wildman–Crippen LogP) is 4.59. The number of benzene rings is 2. The first-order valence-electron chi connectivity index (χ1n) is 9.64. The number of ether oxygens (including phenoxy) is 1. The Labute approximate surface area is 164 Å². The Bertz CT molecular complexity index is 801. The Kier molecular flexibility index (Phi) is 6.53. The van der Waals surface area contributed by atoms with Crippen molar-refractivity contribution >= 4 is 17.7 Å². The molecule has 3 N–H and O–H groups in total. The summed E-state index contributed by atoms with van der Waals surface area (Å²) in [6, 6.07) is 16.9. The molecule has 148 valence electrons. The van der Waals surface area contributed by atoms with E-state index in [1.807, 2.05) is 55.5 Å². The van der Waals surface area contributed by atoms with E-state index in [9.17, 15) is 9.59 Å². The summed E-state index contributed by atoms with van der Waals surface area (Å²) in [6.45, 7) is 1.97. The highest BCUT2D eigenvalue weighted by Gasteiger charge is 2.26. The maximum Gasteiger partial charge on any atom is 0.319 e. The monoisotopic (exact) mass is 382 g/mol. The Morgan fingerprint density at radius 1 is 1.00 bits per heavy atom. The molecule has 0 heterocycles. The molecule has 1 fully saturated rings. The lowest BCUT2D eigenvalue weighted by Crippen LogP contribution is -2.41. The lowest BCUT2D eigenvalue weighted by molar-refractivity contribution is -0.142. The Morgan fingerprint density at radius 2 is 1.64 bits per heavy atom. The maximum atomic E-state index is 12.4. The second-order valence-electron chi connectivity index (χ2n) is 7.15. The number of aliphatic carboxylic acids is 1. The average Bonchev–Trinajstić information content (AvgIpc) is 2.70. The molecule has 1 aliphatic carbocycles. The molecule has 0 aliphatic heterocycles. The fraction of sp³-hybridized carbons (Fsp3) is 0.364. The van der Waals surface area contributed by atoms with Crippen molar-refractivity contribution in [2.24, 2.45) is 5.92 Å². The van der Waals surface area contributed by atoms with E-state index in [-0.39, 0.29) is 24.1 Å². The van der Waals surface area contributed by atoms with Gasteiger partial charge < -0.3 is 20.5 Å². The van der Waals surface area contributed by atoms with Gasteiger partial charge >= 0.3 is 12.0 Å². The molecule has 1 aliphatic rings. The fourth-order valence-electron chi connectivity index (χ4n) is 3.48. The summed E-state index contributed by atoms with van der Waals surface area (Å²) < 4.78 is 6.06.